The van der Waals surface area contributed by atoms with Crippen LogP contribution in [0.2, 0.25) is 0 Å². The van der Waals surface area contributed by atoms with Crippen LogP contribution in [0.4, 0.5) is 0 Å². The van der Waals surface area contributed by atoms with Crippen molar-refractivity contribution >= 4 is 12.0 Å². The van der Waals surface area contributed by atoms with Crippen LogP contribution < -0.4 is 0 Å². The molecule has 0 N–H and O–H groups in total. The summed E-state index contributed by atoms with van der Waals surface area (Å²) < 4.78 is 5.62. The second-order valence-electron chi connectivity index (χ2n) is 6.94. The third-order valence-electron chi connectivity index (χ3n) is 3.29. The van der Waals surface area contributed by atoms with Gasteiger partial charge in [0, 0.05) is 6.42 Å². The minimum atomic E-state index is -0.233. The van der Waals surface area contributed by atoms with Gasteiger partial charge >= 0.3 is 5.97 Å². The number of carbonyl (C=O) groups excluding carboxylic acids is 1. The molecule has 0 unspecified atom stereocenters. The molecule has 124 valence electrons. The summed E-state index contributed by atoms with van der Waals surface area (Å²) in [6.45, 7) is 6.07. The molecule has 23 heavy (non-hydrogen) atoms. The summed E-state index contributed by atoms with van der Waals surface area (Å²) in [4.78, 5) is 12.1. The van der Waals surface area contributed by atoms with E-state index < -0.39 is 0 Å². The molecule has 0 amide bonds. The summed E-state index contributed by atoms with van der Waals surface area (Å²) in [5, 5.41) is 8.61. The smallest absolute Gasteiger partial charge is 0.306 e. The number of hydrogen-bond donors (Lipinski definition) is 0. The number of nitriles is 1. The number of ether oxygens (including phenoxy) is 1. The lowest BCUT2D eigenvalue weighted by Crippen LogP contribution is -2.21. The Morgan fingerprint density at radius 1 is 1.26 bits per heavy atom. The number of esters is 1. The molecular formula is C20H27NO2. The molecule has 0 aliphatic rings. The second-order valence-corrected chi connectivity index (χ2v) is 6.94. The van der Waals surface area contributed by atoms with E-state index in [4.69, 9.17) is 10.00 Å². The van der Waals surface area contributed by atoms with Crippen LogP contribution in [-0.2, 0) is 9.53 Å². The minimum Gasteiger partial charge on any atom is -0.458 e. The molecule has 0 fully saturated rings. The van der Waals surface area contributed by atoms with Crippen molar-refractivity contribution in [3.8, 4) is 6.07 Å². The van der Waals surface area contributed by atoms with Gasteiger partial charge in [0.15, 0.2) is 0 Å². The SMILES string of the molecule is CC(C)(C)CC(=O)O[C@@H](/C=C/c1ccccc1)CCCCC#N. The Balaban J connectivity index is 2.63. The van der Waals surface area contributed by atoms with Gasteiger partial charge in [0.05, 0.1) is 12.5 Å². The molecule has 0 bridgehead atoms. The molecule has 0 aliphatic carbocycles. The lowest BCUT2D eigenvalue weighted by atomic mass is 9.92. The van der Waals surface area contributed by atoms with Crippen LogP contribution in [0.1, 0.15) is 58.4 Å². The maximum Gasteiger partial charge on any atom is 0.306 e. The Morgan fingerprint density at radius 3 is 2.57 bits per heavy atom. The maximum absolute atomic E-state index is 12.1. The minimum absolute atomic E-state index is 0.0778. The molecule has 1 aromatic carbocycles. The van der Waals surface area contributed by atoms with E-state index in [2.05, 4.69) is 6.07 Å². The van der Waals surface area contributed by atoms with E-state index >= 15 is 0 Å². The first kappa shape index (κ1) is 19.0. The van der Waals surface area contributed by atoms with Gasteiger partial charge in [0.25, 0.3) is 0 Å². The van der Waals surface area contributed by atoms with Gasteiger partial charge in [-0.25, -0.2) is 0 Å². The van der Waals surface area contributed by atoms with E-state index in [0.717, 1.165) is 24.8 Å². The third kappa shape index (κ3) is 9.52. The lowest BCUT2D eigenvalue weighted by Gasteiger charge is -2.20. The highest BCUT2D eigenvalue weighted by Crippen LogP contribution is 2.20. The van der Waals surface area contributed by atoms with Crippen molar-refractivity contribution in [3.63, 3.8) is 0 Å². The molecule has 3 heteroatoms. The Bertz CT molecular complexity index is 535. The fraction of sp³-hybridized carbons (Fsp3) is 0.500. The van der Waals surface area contributed by atoms with E-state index in [1.807, 2.05) is 63.3 Å². The van der Waals surface area contributed by atoms with E-state index in [1.165, 1.54) is 0 Å². The number of unbranched alkanes of at least 4 members (excludes halogenated alkanes) is 2. The molecule has 3 nitrogen and oxygen atoms in total. The topological polar surface area (TPSA) is 50.1 Å². The molecule has 0 heterocycles. The fourth-order valence-corrected chi connectivity index (χ4v) is 2.17. The second kappa shape index (κ2) is 9.84. The van der Waals surface area contributed by atoms with Crippen molar-refractivity contribution in [2.24, 2.45) is 5.41 Å². The molecule has 0 spiro atoms. The van der Waals surface area contributed by atoms with Crippen molar-refractivity contribution in [2.45, 2.75) is 59.0 Å². The summed E-state index contributed by atoms with van der Waals surface area (Å²) in [6, 6.07) is 12.1. The standard InChI is InChI=1S/C20H27NO2/c1-20(2,3)16-19(22)23-18(12-8-5-9-15-21)14-13-17-10-6-4-7-11-17/h4,6-7,10-11,13-14,18H,5,8-9,12,16H2,1-3H3/b14-13+/t18-/m1/s1. The first-order valence-corrected chi connectivity index (χ1v) is 8.20. The summed E-state index contributed by atoms with van der Waals surface area (Å²) in [5.41, 5.74) is 1.01. The van der Waals surface area contributed by atoms with Crippen molar-refractivity contribution in [3.05, 3.63) is 42.0 Å². The first-order chi connectivity index (χ1) is 10.9. The lowest BCUT2D eigenvalue weighted by molar-refractivity contribution is -0.149. The molecule has 0 saturated heterocycles. The molecule has 1 atom stereocenters. The monoisotopic (exact) mass is 313 g/mol. The molecule has 1 aromatic rings. The fourth-order valence-electron chi connectivity index (χ4n) is 2.17. The normalized spacial score (nSPS) is 12.8. The quantitative estimate of drug-likeness (QED) is 0.493. The maximum atomic E-state index is 12.1. The molecular weight excluding hydrogens is 286 g/mol. The summed E-state index contributed by atoms with van der Waals surface area (Å²) in [7, 11) is 0. The van der Waals surface area contributed by atoms with E-state index in [-0.39, 0.29) is 17.5 Å². The molecule has 0 aliphatic heterocycles. The highest BCUT2D eigenvalue weighted by atomic mass is 16.5. The number of benzene rings is 1. The molecule has 1 rings (SSSR count). The molecule has 0 saturated carbocycles. The van der Waals surface area contributed by atoms with Gasteiger partial charge < -0.3 is 4.74 Å². The van der Waals surface area contributed by atoms with E-state index in [1.54, 1.807) is 0 Å². The van der Waals surface area contributed by atoms with Crippen molar-refractivity contribution < 1.29 is 9.53 Å². The van der Waals surface area contributed by atoms with Crippen LogP contribution in [0.3, 0.4) is 0 Å². The zero-order valence-corrected chi connectivity index (χ0v) is 14.4. The van der Waals surface area contributed by atoms with Crippen molar-refractivity contribution in [1.82, 2.24) is 0 Å². The van der Waals surface area contributed by atoms with Crippen LogP contribution in [0.25, 0.3) is 6.08 Å². The largest absolute Gasteiger partial charge is 0.458 e. The number of hydrogen-bond acceptors (Lipinski definition) is 3. The van der Waals surface area contributed by atoms with Crippen LogP contribution in [0.15, 0.2) is 36.4 Å². The van der Waals surface area contributed by atoms with Crippen molar-refractivity contribution in [2.75, 3.05) is 0 Å². The van der Waals surface area contributed by atoms with Crippen molar-refractivity contribution in [1.29, 1.82) is 5.26 Å². The summed E-state index contributed by atoms with van der Waals surface area (Å²) >= 11 is 0. The van der Waals surface area contributed by atoms with Crippen LogP contribution in [0.5, 0.6) is 0 Å². The van der Waals surface area contributed by atoms with Gasteiger partial charge in [-0.05, 0) is 36.3 Å². The Hall–Kier alpha value is -2.08. The Labute approximate surface area is 140 Å². The predicted molar refractivity (Wildman–Crippen MR) is 93.5 cm³/mol. The summed E-state index contributed by atoms with van der Waals surface area (Å²) in [6.07, 6.45) is 7.11. The Kier molecular flexibility index (Phi) is 8.11. The predicted octanol–water partition coefficient (Wildman–Crippen LogP) is 5.13. The van der Waals surface area contributed by atoms with Crippen LogP contribution in [0, 0.1) is 16.7 Å². The van der Waals surface area contributed by atoms with Crippen LogP contribution >= 0.6 is 0 Å². The van der Waals surface area contributed by atoms with Gasteiger partial charge in [-0.2, -0.15) is 5.26 Å². The van der Waals surface area contributed by atoms with Crippen LogP contribution in [-0.4, -0.2) is 12.1 Å². The van der Waals surface area contributed by atoms with E-state index in [9.17, 15) is 4.79 Å². The molecule has 0 radical (unpaired) electrons. The Morgan fingerprint density at radius 2 is 1.96 bits per heavy atom. The zero-order valence-electron chi connectivity index (χ0n) is 14.4. The van der Waals surface area contributed by atoms with Gasteiger partial charge in [0.2, 0.25) is 0 Å². The third-order valence-corrected chi connectivity index (χ3v) is 3.29. The molecule has 0 aromatic heterocycles. The number of carbonyl (C=O) groups is 1. The first-order valence-electron chi connectivity index (χ1n) is 8.20. The van der Waals surface area contributed by atoms with E-state index in [0.29, 0.717) is 12.8 Å². The number of rotatable bonds is 8. The highest BCUT2D eigenvalue weighted by Gasteiger charge is 2.19. The summed E-state index contributed by atoms with van der Waals surface area (Å²) in [5.74, 6) is -0.166. The highest BCUT2D eigenvalue weighted by molar-refractivity contribution is 5.70. The zero-order chi connectivity index (χ0) is 17.1. The van der Waals surface area contributed by atoms with Gasteiger partial charge in [-0.1, -0.05) is 57.2 Å². The number of nitrogens with zero attached hydrogens (tertiary/aromatic N) is 1. The van der Waals surface area contributed by atoms with Gasteiger partial charge in [-0.15, -0.1) is 0 Å². The average molecular weight is 313 g/mol. The van der Waals surface area contributed by atoms with Gasteiger partial charge in [0.1, 0.15) is 6.10 Å². The van der Waals surface area contributed by atoms with Gasteiger partial charge in [-0.3, -0.25) is 4.79 Å². The average Bonchev–Trinajstić information content (AvgIpc) is 2.48.